The molecule has 2 N–H and O–H groups in total. The van der Waals surface area contributed by atoms with Crippen LogP contribution in [0.3, 0.4) is 0 Å². The Balaban J connectivity index is 2.60. The summed E-state index contributed by atoms with van der Waals surface area (Å²) in [6.07, 6.45) is 4.95. The van der Waals surface area contributed by atoms with Crippen LogP contribution in [-0.4, -0.2) is 41.1 Å². The van der Waals surface area contributed by atoms with Gasteiger partial charge in [-0.2, -0.15) is 0 Å². The van der Waals surface area contributed by atoms with E-state index in [4.69, 9.17) is 5.11 Å². The molecule has 1 fully saturated rings. The molecule has 0 bridgehead atoms. The lowest BCUT2D eigenvalue weighted by molar-refractivity contribution is -0.143. The number of carboxylic acids is 1. The highest BCUT2D eigenvalue weighted by atomic mass is 16.4. The Morgan fingerprint density at radius 3 is 2.67 bits per heavy atom. The number of amides is 2. The molecule has 1 aliphatic carbocycles. The Kier molecular flexibility index (Phi) is 5.68. The molecule has 2 amide bonds. The van der Waals surface area contributed by atoms with E-state index in [1.165, 1.54) is 0 Å². The van der Waals surface area contributed by atoms with E-state index in [1.54, 1.807) is 11.0 Å². The molecule has 1 rings (SSSR count). The van der Waals surface area contributed by atoms with Gasteiger partial charge in [0.1, 0.15) is 0 Å². The van der Waals surface area contributed by atoms with Gasteiger partial charge < -0.3 is 15.3 Å². The molecule has 2 unspecified atom stereocenters. The topological polar surface area (TPSA) is 69.6 Å². The molecular formula is C13H22N2O3. The predicted octanol–water partition coefficient (Wildman–Crippen LogP) is 1.85. The first-order valence-corrected chi connectivity index (χ1v) is 6.49. The average Bonchev–Trinajstić information content (AvgIpc) is 2.36. The van der Waals surface area contributed by atoms with Crippen LogP contribution in [0.1, 0.15) is 32.6 Å². The van der Waals surface area contributed by atoms with E-state index in [9.17, 15) is 9.59 Å². The van der Waals surface area contributed by atoms with Gasteiger partial charge in [0.05, 0.1) is 5.92 Å². The highest BCUT2D eigenvalue weighted by molar-refractivity contribution is 5.77. The monoisotopic (exact) mass is 254 g/mol. The SMILES string of the molecule is C=CCN(CC)C(=O)NC1CCCCC1C(=O)O. The molecule has 1 aliphatic rings. The average molecular weight is 254 g/mol. The van der Waals surface area contributed by atoms with Crippen LogP contribution in [0.5, 0.6) is 0 Å². The lowest BCUT2D eigenvalue weighted by Crippen LogP contribution is -2.50. The van der Waals surface area contributed by atoms with Crippen molar-refractivity contribution in [2.75, 3.05) is 13.1 Å². The molecule has 5 heteroatoms. The number of carbonyl (C=O) groups excluding carboxylic acids is 1. The molecule has 0 radical (unpaired) electrons. The number of carboxylic acid groups (broad SMARTS) is 1. The van der Waals surface area contributed by atoms with Crippen LogP contribution in [-0.2, 0) is 4.79 Å². The van der Waals surface area contributed by atoms with Crippen molar-refractivity contribution in [1.82, 2.24) is 10.2 Å². The van der Waals surface area contributed by atoms with Gasteiger partial charge in [-0.3, -0.25) is 4.79 Å². The Morgan fingerprint density at radius 1 is 1.44 bits per heavy atom. The van der Waals surface area contributed by atoms with Crippen molar-refractivity contribution < 1.29 is 14.7 Å². The first kappa shape index (κ1) is 14.5. The Morgan fingerprint density at radius 2 is 2.11 bits per heavy atom. The molecule has 18 heavy (non-hydrogen) atoms. The second kappa shape index (κ2) is 7.03. The first-order valence-electron chi connectivity index (χ1n) is 6.49. The Labute approximate surface area is 108 Å². The Bertz CT molecular complexity index is 317. The molecule has 0 aliphatic heterocycles. The molecule has 0 saturated heterocycles. The van der Waals surface area contributed by atoms with Gasteiger partial charge in [-0.1, -0.05) is 18.9 Å². The number of carbonyl (C=O) groups is 2. The van der Waals surface area contributed by atoms with E-state index in [2.05, 4.69) is 11.9 Å². The Hall–Kier alpha value is -1.52. The van der Waals surface area contributed by atoms with E-state index in [0.29, 0.717) is 19.5 Å². The zero-order valence-electron chi connectivity index (χ0n) is 10.9. The number of urea groups is 1. The van der Waals surface area contributed by atoms with Crippen LogP contribution in [0, 0.1) is 5.92 Å². The summed E-state index contributed by atoms with van der Waals surface area (Å²) in [5.41, 5.74) is 0. The van der Waals surface area contributed by atoms with Crippen LogP contribution in [0.15, 0.2) is 12.7 Å². The van der Waals surface area contributed by atoms with Gasteiger partial charge in [-0.05, 0) is 19.8 Å². The zero-order valence-corrected chi connectivity index (χ0v) is 10.9. The molecule has 102 valence electrons. The third-order valence-electron chi connectivity index (χ3n) is 3.41. The van der Waals surface area contributed by atoms with Gasteiger partial charge >= 0.3 is 12.0 Å². The number of aliphatic carboxylic acids is 1. The van der Waals surface area contributed by atoms with Gasteiger partial charge in [0.25, 0.3) is 0 Å². The standard InChI is InChI=1S/C13H22N2O3/c1-3-9-15(4-2)13(18)14-11-8-6-5-7-10(11)12(16)17/h3,10-11H,1,4-9H2,2H3,(H,14,18)(H,16,17). The van der Waals surface area contributed by atoms with Crippen molar-refractivity contribution >= 4 is 12.0 Å². The molecule has 1 saturated carbocycles. The number of nitrogens with zero attached hydrogens (tertiary/aromatic N) is 1. The lowest BCUT2D eigenvalue weighted by atomic mass is 9.84. The van der Waals surface area contributed by atoms with Crippen molar-refractivity contribution in [2.24, 2.45) is 5.92 Å². The maximum absolute atomic E-state index is 12.0. The van der Waals surface area contributed by atoms with Crippen LogP contribution < -0.4 is 5.32 Å². The third kappa shape index (κ3) is 3.75. The van der Waals surface area contributed by atoms with Crippen molar-refractivity contribution in [2.45, 2.75) is 38.6 Å². The second-order valence-corrected chi connectivity index (χ2v) is 4.61. The smallest absolute Gasteiger partial charge is 0.317 e. The van der Waals surface area contributed by atoms with Gasteiger partial charge in [-0.25, -0.2) is 4.79 Å². The highest BCUT2D eigenvalue weighted by Crippen LogP contribution is 2.24. The zero-order chi connectivity index (χ0) is 13.5. The molecule has 2 atom stereocenters. The molecule has 0 heterocycles. The molecule has 5 nitrogen and oxygen atoms in total. The fourth-order valence-corrected chi connectivity index (χ4v) is 2.36. The minimum absolute atomic E-state index is 0.199. The van der Waals surface area contributed by atoms with E-state index < -0.39 is 11.9 Å². The highest BCUT2D eigenvalue weighted by Gasteiger charge is 2.32. The lowest BCUT2D eigenvalue weighted by Gasteiger charge is -2.31. The van der Waals surface area contributed by atoms with E-state index >= 15 is 0 Å². The van der Waals surface area contributed by atoms with Crippen LogP contribution in [0.4, 0.5) is 4.79 Å². The minimum Gasteiger partial charge on any atom is -0.481 e. The number of hydrogen-bond acceptors (Lipinski definition) is 2. The van der Waals surface area contributed by atoms with Crippen LogP contribution in [0.25, 0.3) is 0 Å². The van der Waals surface area contributed by atoms with Crippen LogP contribution >= 0.6 is 0 Å². The van der Waals surface area contributed by atoms with E-state index in [-0.39, 0.29) is 12.1 Å². The summed E-state index contributed by atoms with van der Waals surface area (Å²) in [5, 5.41) is 12.0. The van der Waals surface area contributed by atoms with Gasteiger partial charge in [-0.15, -0.1) is 6.58 Å². The number of nitrogens with one attached hydrogen (secondary N) is 1. The molecular weight excluding hydrogens is 232 g/mol. The summed E-state index contributed by atoms with van der Waals surface area (Å²) in [6.45, 7) is 6.56. The fraction of sp³-hybridized carbons (Fsp3) is 0.692. The number of likely N-dealkylation sites (N-methyl/N-ethyl adjacent to an activating group) is 1. The first-order chi connectivity index (χ1) is 8.60. The summed E-state index contributed by atoms with van der Waals surface area (Å²) in [5.74, 6) is -1.27. The summed E-state index contributed by atoms with van der Waals surface area (Å²) < 4.78 is 0. The minimum atomic E-state index is -0.813. The summed E-state index contributed by atoms with van der Waals surface area (Å²) in [6, 6.07) is -0.446. The van der Waals surface area contributed by atoms with Crippen molar-refractivity contribution in [1.29, 1.82) is 0 Å². The third-order valence-corrected chi connectivity index (χ3v) is 3.41. The molecule has 0 aromatic rings. The quantitative estimate of drug-likeness (QED) is 0.736. The largest absolute Gasteiger partial charge is 0.481 e. The molecule has 0 aromatic carbocycles. The normalized spacial score (nSPS) is 23.2. The van der Waals surface area contributed by atoms with Crippen molar-refractivity contribution in [3.8, 4) is 0 Å². The second-order valence-electron chi connectivity index (χ2n) is 4.61. The number of hydrogen-bond donors (Lipinski definition) is 2. The summed E-state index contributed by atoms with van der Waals surface area (Å²) >= 11 is 0. The van der Waals surface area contributed by atoms with Gasteiger partial charge in [0, 0.05) is 19.1 Å². The molecule has 0 spiro atoms. The van der Waals surface area contributed by atoms with E-state index in [1.807, 2.05) is 6.92 Å². The van der Waals surface area contributed by atoms with Crippen molar-refractivity contribution in [3.63, 3.8) is 0 Å². The van der Waals surface area contributed by atoms with E-state index in [0.717, 1.165) is 19.3 Å². The maximum atomic E-state index is 12.0. The molecule has 0 aromatic heterocycles. The number of rotatable bonds is 5. The van der Waals surface area contributed by atoms with Gasteiger partial charge in [0.2, 0.25) is 0 Å². The predicted molar refractivity (Wildman–Crippen MR) is 69.4 cm³/mol. The van der Waals surface area contributed by atoms with Crippen LogP contribution in [0.2, 0.25) is 0 Å². The maximum Gasteiger partial charge on any atom is 0.317 e. The van der Waals surface area contributed by atoms with Crippen molar-refractivity contribution in [3.05, 3.63) is 12.7 Å². The summed E-state index contributed by atoms with van der Waals surface area (Å²) in [4.78, 5) is 24.7. The fourth-order valence-electron chi connectivity index (χ4n) is 2.36. The summed E-state index contributed by atoms with van der Waals surface area (Å²) in [7, 11) is 0. The van der Waals surface area contributed by atoms with Gasteiger partial charge in [0.15, 0.2) is 0 Å².